The highest BCUT2D eigenvalue weighted by molar-refractivity contribution is 5.83. The lowest BCUT2D eigenvalue weighted by Crippen LogP contribution is -2.31. The molecule has 0 saturated carbocycles. The van der Waals surface area contributed by atoms with Gasteiger partial charge in [-0.3, -0.25) is 0 Å². The van der Waals surface area contributed by atoms with Crippen LogP contribution in [0.1, 0.15) is 5.56 Å². The molecule has 17 heavy (non-hydrogen) atoms. The molecule has 0 bridgehead atoms. The van der Waals surface area contributed by atoms with E-state index < -0.39 is 12.1 Å². The maximum absolute atomic E-state index is 12.6. The van der Waals surface area contributed by atoms with Crippen molar-refractivity contribution in [1.29, 1.82) is 0 Å². The van der Waals surface area contributed by atoms with Crippen molar-refractivity contribution in [3.8, 4) is 0 Å². The van der Waals surface area contributed by atoms with Gasteiger partial charge in [0.2, 0.25) is 0 Å². The van der Waals surface area contributed by atoms with Gasteiger partial charge in [-0.15, -0.1) is 0 Å². The van der Waals surface area contributed by atoms with Crippen LogP contribution in [0.5, 0.6) is 0 Å². The molecule has 0 radical (unpaired) electrons. The molecule has 0 saturated heterocycles. The van der Waals surface area contributed by atoms with Gasteiger partial charge in [0.25, 0.3) is 0 Å². The van der Waals surface area contributed by atoms with Gasteiger partial charge in [-0.05, 0) is 18.1 Å². The first-order chi connectivity index (χ1) is 8.02. The molecule has 2 aromatic rings. The van der Waals surface area contributed by atoms with Crippen molar-refractivity contribution in [2.45, 2.75) is 12.6 Å². The Morgan fingerprint density at radius 3 is 2.59 bits per heavy atom. The summed E-state index contributed by atoms with van der Waals surface area (Å²) in [4.78, 5) is 2.96. The van der Waals surface area contributed by atoms with E-state index in [-0.39, 0.29) is 13.0 Å². The monoisotopic (exact) mass is 242 g/mol. The highest BCUT2D eigenvalue weighted by atomic mass is 19.4. The largest absolute Gasteiger partial charge is 0.393 e. The first-order valence-electron chi connectivity index (χ1n) is 5.34. The molecule has 1 atom stereocenters. The number of alkyl halides is 3. The first-order valence-corrected chi connectivity index (χ1v) is 5.34. The summed E-state index contributed by atoms with van der Waals surface area (Å²) in [5.74, 6) is -1.48. The Labute approximate surface area is 96.6 Å². The van der Waals surface area contributed by atoms with Gasteiger partial charge in [0.15, 0.2) is 0 Å². The molecule has 3 N–H and O–H groups in total. The molecule has 0 spiro atoms. The minimum Gasteiger partial charge on any atom is -0.361 e. The Balaban J connectivity index is 2.29. The predicted octanol–water partition coefficient (Wildman–Crippen LogP) is 2.85. The van der Waals surface area contributed by atoms with Gasteiger partial charge in [0, 0.05) is 23.6 Å². The van der Waals surface area contributed by atoms with Crippen LogP contribution in [-0.4, -0.2) is 17.7 Å². The molecular weight excluding hydrogens is 229 g/mol. The second-order valence-electron chi connectivity index (χ2n) is 4.04. The van der Waals surface area contributed by atoms with E-state index in [2.05, 4.69) is 4.98 Å². The normalized spacial score (nSPS) is 14.1. The molecule has 1 aromatic heterocycles. The van der Waals surface area contributed by atoms with Gasteiger partial charge >= 0.3 is 6.18 Å². The second kappa shape index (κ2) is 4.41. The fourth-order valence-electron chi connectivity index (χ4n) is 1.90. The quantitative estimate of drug-likeness (QED) is 0.853. The fraction of sp³-hybridized carbons (Fsp3) is 0.333. The molecule has 2 nitrogen and oxygen atoms in total. The van der Waals surface area contributed by atoms with E-state index in [0.29, 0.717) is 5.56 Å². The minimum absolute atomic E-state index is 0.0794. The highest BCUT2D eigenvalue weighted by Crippen LogP contribution is 2.30. The maximum Gasteiger partial charge on any atom is 0.393 e. The summed E-state index contributed by atoms with van der Waals surface area (Å²) in [5.41, 5.74) is 6.70. The number of aromatic amines is 1. The lowest BCUT2D eigenvalue weighted by Gasteiger charge is -2.17. The van der Waals surface area contributed by atoms with Crippen LogP contribution in [0, 0.1) is 5.92 Å². The van der Waals surface area contributed by atoms with Crippen LogP contribution in [0.15, 0.2) is 30.5 Å². The maximum atomic E-state index is 12.6. The first kappa shape index (κ1) is 12.0. The zero-order valence-corrected chi connectivity index (χ0v) is 9.09. The lowest BCUT2D eigenvalue weighted by molar-refractivity contribution is -0.171. The van der Waals surface area contributed by atoms with E-state index in [1.54, 1.807) is 6.20 Å². The van der Waals surface area contributed by atoms with Crippen LogP contribution in [0.25, 0.3) is 10.9 Å². The molecule has 1 unspecified atom stereocenters. The number of hydrogen-bond acceptors (Lipinski definition) is 1. The number of H-pyrrole nitrogens is 1. The van der Waals surface area contributed by atoms with Crippen LogP contribution in [0.3, 0.4) is 0 Å². The standard InChI is InChI=1S/C12H13F3N2/c13-12(14,15)9(6-16)5-8-7-17-11-4-2-1-3-10(8)11/h1-4,7,9,17H,5-6,16H2. The van der Waals surface area contributed by atoms with Crippen molar-refractivity contribution in [2.75, 3.05) is 6.54 Å². The van der Waals surface area contributed by atoms with Gasteiger partial charge in [-0.1, -0.05) is 18.2 Å². The third kappa shape index (κ3) is 2.44. The Morgan fingerprint density at radius 1 is 1.24 bits per heavy atom. The zero-order valence-electron chi connectivity index (χ0n) is 9.09. The Morgan fingerprint density at radius 2 is 1.94 bits per heavy atom. The number of hydrogen-bond donors (Lipinski definition) is 2. The predicted molar refractivity (Wildman–Crippen MR) is 60.6 cm³/mol. The lowest BCUT2D eigenvalue weighted by atomic mass is 9.98. The topological polar surface area (TPSA) is 41.8 Å². The molecule has 1 heterocycles. The summed E-state index contributed by atoms with van der Waals surface area (Å²) in [6.45, 7) is -0.386. The molecule has 0 fully saturated rings. The van der Waals surface area contributed by atoms with E-state index in [4.69, 9.17) is 5.73 Å². The van der Waals surface area contributed by atoms with Gasteiger partial charge in [0.05, 0.1) is 5.92 Å². The van der Waals surface area contributed by atoms with E-state index >= 15 is 0 Å². The van der Waals surface area contributed by atoms with Crippen molar-refractivity contribution in [2.24, 2.45) is 11.7 Å². The summed E-state index contributed by atoms with van der Waals surface area (Å²) in [6, 6.07) is 7.30. The van der Waals surface area contributed by atoms with Gasteiger partial charge in [-0.2, -0.15) is 13.2 Å². The third-order valence-electron chi connectivity index (χ3n) is 2.89. The van der Waals surface area contributed by atoms with Crippen LogP contribution < -0.4 is 5.73 Å². The second-order valence-corrected chi connectivity index (χ2v) is 4.04. The zero-order chi connectivity index (χ0) is 12.5. The molecule has 1 aromatic carbocycles. The summed E-state index contributed by atoms with van der Waals surface area (Å²) >= 11 is 0. The molecule has 0 amide bonds. The van der Waals surface area contributed by atoms with Crippen LogP contribution in [0.4, 0.5) is 13.2 Å². The van der Waals surface area contributed by atoms with E-state index in [9.17, 15) is 13.2 Å². The SMILES string of the molecule is NCC(Cc1c[nH]c2ccccc12)C(F)(F)F. The number of nitrogens with one attached hydrogen (secondary N) is 1. The average Bonchev–Trinajstić information content (AvgIpc) is 2.67. The minimum atomic E-state index is -4.24. The summed E-state index contributed by atoms with van der Waals surface area (Å²) in [7, 11) is 0. The molecule has 0 aliphatic heterocycles. The number of fused-ring (bicyclic) bond motifs is 1. The summed E-state index contributed by atoms with van der Waals surface area (Å²) in [6.07, 6.45) is -2.70. The van der Waals surface area contributed by atoms with Gasteiger partial charge in [-0.25, -0.2) is 0 Å². The molecule has 92 valence electrons. The van der Waals surface area contributed by atoms with Crippen molar-refractivity contribution in [3.63, 3.8) is 0 Å². The van der Waals surface area contributed by atoms with Crippen LogP contribution >= 0.6 is 0 Å². The number of halogens is 3. The number of rotatable bonds is 3. The molecule has 0 aliphatic rings. The van der Waals surface area contributed by atoms with Crippen molar-refractivity contribution < 1.29 is 13.2 Å². The third-order valence-corrected chi connectivity index (χ3v) is 2.89. The smallest absolute Gasteiger partial charge is 0.361 e. The summed E-state index contributed by atoms with van der Waals surface area (Å²) < 4.78 is 37.9. The molecule has 5 heteroatoms. The van der Waals surface area contributed by atoms with Crippen molar-refractivity contribution in [1.82, 2.24) is 4.98 Å². The van der Waals surface area contributed by atoms with Crippen molar-refractivity contribution >= 4 is 10.9 Å². The molecular formula is C12H13F3N2. The Kier molecular flexibility index (Phi) is 3.11. The van der Waals surface area contributed by atoms with Crippen LogP contribution in [-0.2, 0) is 6.42 Å². The Hall–Kier alpha value is -1.49. The number of nitrogens with two attached hydrogens (primary N) is 1. The average molecular weight is 242 g/mol. The van der Waals surface area contributed by atoms with Crippen molar-refractivity contribution in [3.05, 3.63) is 36.0 Å². The number of para-hydroxylation sites is 1. The number of benzene rings is 1. The van der Waals surface area contributed by atoms with Crippen LogP contribution in [0.2, 0.25) is 0 Å². The fourth-order valence-corrected chi connectivity index (χ4v) is 1.90. The summed E-state index contributed by atoms with van der Waals surface area (Å²) in [5, 5.41) is 0.829. The highest BCUT2D eigenvalue weighted by Gasteiger charge is 2.38. The van der Waals surface area contributed by atoms with Gasteiger partial charge in [0.1, 0.15) is 0 Å². The van der Waals surface area contributed by atoms with E-state index in [1.165, 1.54) is 0 Å². The van der Waals surface area contributed by atoms with E-state index in [1.807, 2.05) is 24.3 Å². The molecule has 2 rings (SSSR count). The molecule has 0 aliphatic carbocycles. The Bertz CT molecular complexity index is 502. The van der Waals surface area contributed by atoms with E-state index in [0.717, 1.165) is 10.9 Å². The van der Waals surface area contributed by atoms with Gasteiger partial charge < -0.3 is 10.7 Å². The number of aromatic nitrogens is 1.